The standard InChI is InChI=1S/C13H16N4O2S/c1-3-14-12-9-11(5-7-15-12)20(18,19)17-13-8-10(2)4-6-16-13/h4-9H,3H2,1-2H3,(H,14,15)(H,16,17). The number of sulfonamides is 1. The fraction of sp³-hybridized carbons (Fsp3) is 0.231. The molecule has 2 N–H and O–H groups in total. The van der Waals surface area contributed by atoms with Crippen LogP contribution in [0.3, 0.4) is 0 Å². The van der Waals surface area contributed by atoms with Crippen LogP contribution in [0.5, 0.6) is 0 Å². The van der Waals surface area contributed by atoms with Crippen LogP contribution in [0.2, 0.25) is 0 Å². The minimum absolute atomic E-state index is 0.145. The van der Waals surface area contributed by atoms with Gasteiger partial charge in [-0.05, 0) is 37.6 Å². The van der Waals surface area contributed by atoms with Crippen LogP contribution in [0.1, 0.15) is 12.5 Å². The number of hydrogen-bond donors (Lipinski definition) is 2. The highest BCUT2D eigenvalue weighted by Crippen LogP contribution is 2.16. The fourth-order valence-electron chi connectivity index (χ4n) is 1.64. The molecule has 0 unspecified atom stereocenters. The summed E-state index contributed by atoms with van der Waals surface area (Å²) in [6.45, 7) is 4.45. The molecule has 7 heteroatoms. The zero-order chi connectivity index (χ0) is 14.6. The average molecular weight is 292 g/mol. The molecule has 0 spiro atoms. The third-order valence-corrected chi connectivity index (χ3v) is 3.91. The molecule has 2 rings (SSSR count). The van der Waals surface area contributed by atoms with Crippen molar-refractivity contribution in [3.8, 4) is 0 Å². The molecular weight excluding hydrogens is 276 g/mol. The van der Waals surface area contributed by atoms with E-state index >= 15 is 0 Å². The Bertz CT molecular complexity index is 701. The minimum atomic E-state index is -3.66. The van der Waals surface area contributed by atoms with Gasteiger partial charge in [0.05, 0.1) is 4.90 Å². The lowest BCUT2D eigenvalue weighted by Crippen LogP contribution is -2.14. The quantitative estimate of drug-likeness (QED) is 0.880. The Morgan fingerprint density at radius 2 is 1.80 bits per heavy atom. The van der Waals surface area contributed by atoms with Crippen LogP contribution < -0.4 is 10.0 Å². The van der Waals surface area contributed by atoms with Crippen molar-refractivity contribution in [2.24, 2.45) is 0 Å². The van der Waals surface area contributed by atoms with Gasteiger partial charge in [0.1, 0.15) is 11.6 Å². The molecule has 0 saturated heterocycles. The van der Waals surface area contributed by atoms with Gasteiger partial charge < -0.3 is 5.32 Å². The molecule has 0 aromatic carbocycles. The Labute approximate surface area is 118 Å². The molecule has 2 aromatic rings. The van der Waals surface area contributed by atoms with Crippen molar-refractivity contribution in [3.63, 3.8) is 0 Å². The first kappa shape index (κ1) is 14.3. The summed E-state index contributed by atoms with van der Waals surface area (Å²) in [4.78, 5) is 8.18. The van der Waals surface area contributed by atoms with E-state index in [-0.39, 0.29) is 4.90 Å². The minimum Gasteiger partial charge on any atom is -0.370 e. The number of anilines is 2. The highest BCUT2D eigenvalue weighted by Gasteiger charge is 2.15. The topological polar surface area (TPSA) is 84.0 Å². The van der Waals surface area contributed by atoms with Crippen LogP contribution in [-0.4, -0.2) is 24.9 Å². The third kappa shape index (κ3) is 3.45. The molecule has 0 amide bonds. The summed E-state index contributed by atoms with van der Waals surface area (Å²) in [7, 11) is -3.66. The number of hydrogen-bond acceptors (Lipinski definition) is 5. The van der Waals surface area contributed by atoms with Gasteiger partial charge in [-0.3, -0.25) is 4.72 Å². The van der Waals surface area contributed by atoms with Crippen LogP contribution in [0, 0.1) is 6.92 Å². The van der Waals surface area contributed by atoms with Crippen LogP contribution in [-0.2, 0) is 10.0 Å². The molecule has 106 valence electrons. The van der Waals surface area contributed by atoms with Gasteiger partial charge in [-0.1, -0.05) is 0 Å². The Kier molecular flexibility index (Phi) is 4.19. The summed E-state index contributed by atoms with van der Waals surface area (Å²) in [6, 6.07) is 6.40. The molecule has 0 aliphatic heterocycles. The second kappa shape index (κ2) is 5.87. The molecule has 20 heavy (non-hydrogen) atoms. The van der Waals surface area contributed by atoms with E-state index in [9.17, 15) is 8.42 Å². The first-order chi connectivity index (χ1) is 9.51. The van der Waals surface area contributed by atoms with Crippen molar-refractivity contribution in [1.29, 1.82) is 0 Å². The monoisotopic (exact) mass is 292 g/mol. The van der Waals surface area contributed by atoms with Gasteiger partial charge in [0, 0.05) is 25.0 Å². The lowest BCUT2D eigenvalue weighted by molar-refractivity contribution is 0.601. The van der Waals surface area contributed by atoms with Gasteiger partial charge >= 0.3 is 0 Å². The van der Waals surface area contributed by atoms with E-state index in [1.54, 1.807) is 18.3 Å². The summed E-state index contributed by atoms with van der Waals surface area (Å²) >= 11 is 0. The van der Waals surface area contributed by atoms with Crippen molar-refractivity contribution >= 4 is 21.7 Å². The van der Waals surface area contributed by atoms with Gasteiger partial charge in [0.15, 0.2) is 0 Å². The maximum absolute atomic E-state index is 12.3. The number of aromatic nitrogens is 2. The smallest absolute Gasteiger partial charge is 0.263 e. The maximum atomic E-state index is 12.3. The third-order valence-electron chi connectivity index (χ3n) is 2.55. The summed E-state index contributed by atoms with van der Waals surface area (Å²) in [5, 5.41) is 2.97. The van der Waals surface area contributed by atoms with Crippen molar-refractivity contribution in [3.05, 3.63) is 42.2 Å². The summed E-state index contributed by atoms with van der Waals surface area (Å²) < 4.78 is 27.0. The zero-order valence-electron chi connectivity index (χ0n) is 11.3. The van der Waals surface area contributed by atoms with Gasteiger partial charge in [-0.15, -0.1) is 0 Å². The molecule has 2 aromatic heterocycles. The Balaban J connectivity index is 2.28. The van der Waals surface area contributed by atoms with Crippen LogP contribution in [0.15, 0.2) is 41.6 Å². The van der Waals surface area contributed by atoms with E-state index in [4.69, 9.17) is 0 Å². The number of aryl methyl sites for hydroxylation is 1. The number of nitrogens with zero attached hydrogens (tertiary/aromatic N) is 2. The molecule has 0 bridgehead atoms. The van der Waals surface area contributed by atoms with Crippen LogP contribution in [0.4, 0.5) is 11.6 Å². The second-order valence-electron chi connectivity index (χ2n) is 4.23. The molecule has 0 aliphatic rings. The molecule has 0 atom stereocenters. The molecule has 0 aliphatic carbocycles. The van der Waals surface area contributed by atoms with E-state index in [1.165, 1.54) is 18.3 Å². The Morgan fingerprint density at radius 3 is 2.50 bits per heavy atom. The van der Waals surface area contributed by atoms with E-state index in [0.29, 0.717) is 18.2 Å². The van der Waals surface area contributed by atoms with E-state index in [2.05, 4.69) is 20.0 Å². The number of pyridine rings is 2. The second-order valence-corrected chi connectivity index (χ2v) is 5.91. The zero-order valence-corrected chi connectivity index (χ0v) is 12.1. The molecule has 2 heterocycles. The summed E-state index contributed by atoms with van der Waals surface area (Å²) in [6.07, 6.45) is 3.01. The Morgan fingerprint density at radius 1 is 1.10 bits per heavy atom. The molecule has 0 fully saturated rings. The molecule has 6 nitrogen and oxygen atoms in total. The van der Waals surface area contributed by atoms with E-state index in [0.717, 1.165) is 5.56 Å². The lowest BCUT2D eigenvalue weighted by Gasteiger charge is -2.09. The van der Waals surface area contributed by atoms with Crippen molar-refractivity contribution < 1.29 is 8.42 Å². The van der Waals surface area contributed by atoms with E-state index in [1.807, 2.05) is 13.8 Å². The van der Waals surface area contributed by atoms with Gasteiger partial charge in [-0.25, -0.2) is 18.4 Å². The van der Waals surface area contributed by atoms with Crippen molar-refractivity contribution in [2.45, 2.75) is 18.7 Å². The first-order valence-electron chi connectivity index (χ1n) is 6.16. The highest BCUT2D eigenvalue weighted by atomic mass is 32.2. The van der Waals surface area contributed by atoms with E-state index < -0.39 is 10.0 Å². The SMILES string of the molecule is CCNc1cc(S(=O)(=O)Nc2cc(C)ccn2)ccn1. The normalized spacial score (nSPS) is 11.1. The Hall–Kier alpha value is -2.15. The highest BCUT2D eigenvalue weighted by molar-refractivity contribution is 7.92. The first-order valence-corrected chi connectivity index (χ1v) is 7.65. The summed E-state index contributed by atoms with van der Waals surface area (Å²) in [5.74, 6) is 0.819. The number of rotatable bonds is 5. The van der Waals surface area contributed by atoms with Gasteiger partial charge in [0.2, 0.25) is 0 Å². The summed E-state index contributed by atoms with van der Waals surface area (Å²) in [5.41, 5.74) is 0.931. The largest absolute Gasteiger partial charge is 0.370 e. The number of nitrogens with one attached hydrogen (secondary N) is 2. The maximum Gasteiger partial charge on any atom is 0.263 e. The van der Waals surface area contributed by atoms with Crippen molar-refractivity contribution in [1.82, 2.24) is 9.97 Å². The van der Waals surface area contributed by atoms with Gasteiger partial charge in [-0.2, -0.15) is 0 Å². The van der Waals surface area contributed by atoms with Crippen LogP contribution >= 0.6 is 0 Å². The van der Waals surface area contributed by atoms with Crippen molar-refractivity contribution in [2.75, 3.05) is 16.6 Å². The molecule has 0 radical (unpaired) electrons. The molecular formula is C13H16N4O2S. The van der Waals surface area contributed by atoms with Gasteiger partial charge in [0.25, 0.3) is 10.0 Å². The van der Waals surface area contributed by atoms with Crippen LogP contribution in [0.25, 0.3) is 0 Å². The predicted molar refractivity (Wildman–Crippen MR) is 78.2 cm³/mol. The average Bonchev–Trinajstić information content (AvgIpc) is 2.39. The lowest BCUT2D eigenvalue weighted by atomic mass is 10.3. The molecule has 0 saturated carbocycles. The fourth-order valence-corrected chi connectivity index (χ4v) is 2.66. The predicted octanol–water partition coefficient (Wildman–Crippen LogP) is 2.02.